The first-order valence-electron chi connectivity index (χ1n) is 8.13. The number of hydrogen-bond acceptors (Lipinski definition) is 5. The molecular weight excluding hydrogens is 336 g/mol. The molecule has 1 amide bonds. The Bertz CT molecular complexity index is 909. The van der Waals surface area contributed by atoms with Gasteiger partial charge in [-0.2, -0.15) is 5.10 Å². The third kappa shape index (κ3) is 3.42. The summed E-state index contributed by atoms with van der Waals surface area (Å²) < 4.78 is 5.37. The molecule has 1 fully saturated rings. The summed E-state index contributed by atoms with van der Waals surface area (Å²) in [5.74, 6) is -0.223. The van der Waals surface area contributed by atoms with E-state index in [1.54, 1.807) is 23.7 Å². The summed E-state index contributed by atoms with van der Waals surface area (Å²) in [6, 6.07) is 11.8. The number of hydrazone groups is 1. The number of nitrogens with zero attached hydrogens (tertiary/aromatic N) is 2. The van der Waals surface area contributed by atoms with Crippen molar-refractivity contribution in [2.75, 3.05) is 31.2 Å². The number of anilines is 1. The van der Waals surface area contributed by atoms with Gasteiger partial charge >= 0.3 is 0 Å². The molecule has 0 bridgehead atoms. The van der Waals surface area contributed by atoms with Gasteiger partial charge in [-0.3, -0.25) is 4.79 Å². The molecule has 2 N–H and O–H groups in total. The van der Waals surface area contributed by atoms with Crippen LogP contribution in [0.25, 0.3) is 10.9 Å². The Labute approximate surface area is 149 Å². The first-order valence-corrected chi connectivity index (χ1v) is 8.95. The fraction of sp³-hybridized carbons (Fsp3) is 0.222. The van der Waals surface area contributed by atoms with Gasteiger partial charge in [-0.15, -0.1) is 11.3 Å². The molecule has 2 aromatic heterocycles. The van der Waals surface area contributed by atoms with Gasteiger partial charge in [0.05, 0.1) is 30.0 Å². The highest BCUT2D eigenvalue weighted by atomic mass is 32.1. The highest BCUT2D eigenvalue weighted by Crippen LogP contribution is 2.25. The van der Waals surface area contributed by atoms with E-state index in [1.165, 1.54) is 5.00 Å². The van der Waals surface area contributed by atoms with Crippen LogP contribution in [-0.4, -0.2) is 43.4 Å². The summed E-state index contributed by atoms with van der Waals surface area (Å²) in [4.78, 5) is 18.7. The first-order chi connectivity index (χ1) is 12.3. The minimum absolute atomic E-state index is 0.223. The van der Waals surface area contributed by atoms with Gasteiger partial charge in [-0.1, -0.05) is 18.2 Å². The lowest BCUT2D eigenvalue weighted by Crippen LogP contribution is -2.35. The van der Waals surface area contributed by atoms with Crippen molar-refractivity contribution < 1.29 is 9.53 Å². The normalized spacial score (nSPS) is 15.1. The molecule has 1 aromatic carbocycles. The second-order valence-electron chi connectivity index (χ2n) is 5.72. The molecule has 1 aliphatic rings. The summed E-state index contributed by atoms with van der Waals surface area (Å²) in [5, 5.41) is 6.18. The Balaban J connectivity index is 1.41. The summed E-state index contributed by atoms with van der Waals surface area (Å²) in [7, 11) is 0. The van der Waals surface area contributed by atoms with Crippen LogP contribution in [0.3, 0.4) is 0 Å². The number of thiophene rings is 1. The van der Waals surface area contributed by atoms with Crippen LogP contribution in [0.5, 0.6) is 0 Å². The van der Waals surface area contributed by atoms with Crippen LogP contribution >= 0.6 is 11.3 Å². The number of hydrogen-bond donors (Lipinski definition) is 2. The maximum absolute atomic E-state index is 12.3. The third-order valence-electron chi connectivity index (χ3n) is 4.13. The van der Waals surface area contributed by atoms with Crippen molar-refractivity contribution in [3.05, 3.63) is 53.0 Å². The Kier molecular flexibility index (Phi) is 4.49. The quantitative estimate of drug-likeness (QED) is 0.559. The molecule has 0 atom stereocenters. The number of carbonyl (C=O) groups is 1. The zero-order valence-corrected chi connectivity index (χ0v) is 14.4. The number of morpholine rings is 1. The standard InChI is InChI=1S/C18H18N4O2S/c23-18(15-12-19-16-4-2-1-3-14(15)16)21-20-11-13-5-6-17(25-13)22-7-9-24-10-8-22/h1-6,11-12,19H,7-10H2,(H,21,23). The second-order valence-corrected chi connectivity index (χ2v) is 6.82. The van der Waals surface area contributed by atoms with Crippen LogP contribution in [0.2, 0.25) is 0 Å². The summed E-state index contributed by atoms with van der Waals surface area (Å²) >= 11 is 1.65. The zero-order valence-electron chi connectivity index (χ0n) is 13.6. The molecule has 0 radical (unpaired) electrons. The van der Waals surface area contributed by atoms with Gasteiger partial charge in [-0.05, 0) is 18.2 Å². The highest BCUT2D eigenvalue weighted by Gasteiger charge is 2.13. The summed E-state index contributed by atoms with van der Waals surface area (Å²) in [6.45, 7) is 3.35. The summed E-state index contributed by atoms with van der Waals surface area (Å²) in [5.41, 5.74) is 4.12. The number of amides is 1. The number of ether oxygens (including phenoxy) is 1. The molecule has 6 nitrogen and oxygen atoms in total. The Hall–Kier alpha value is -2.64. The van der Waals surface area contributed by atoms with Gasteiger partial charge in [0.2, 0.25) is 0 Å². The monoisotopic (exact) mass is 354 g/mol. The lowest BCUT2D eigenvalue weighted by atomic mass is 10.2. The number of aromatic nitrogens is 1. The molecule has 0 unspecified atom stereocenters. The fourth-order valence-electron chi connectivity index (χ4n) is 2.84. The van der Waals surface area contributed by atoms with Crippen molar-refractivity contribution in [1.29, 1.82) is 0 Å². The number of fused-ring (bicyclic) bond motifs is 1. The Morgan fingerprint density at radius 3 is 2.96 bits per heavy atom. The topological polar surface area (TPSA) is 69.7 Å². The SMILES string of the molecule is O=C(NN=Cc1ccc(N2CCOCC2)s1)c1c[nH]c2ccccc12. The molecule has 1 aliphatic heterocycles. The van der Waals surface area contributed by atoms with E-state index >= 15 is 0 Å². The average Bonchev–Trinajstić information content (AvgIpc) is 3.29. The van der Waals surface area contributed by atoms with Crippen LogP contribution in [0.4, 0.5) is 5.00 Å². The number of nitrogens with one attached hydrogen (secondary N) is 2. The number of benzene rings is 1. The second kappa shape index (κ2) is 7.08. The predicted octanol–water partition coefficient (Wildman–Crippen LogP) is 2.83. The van der Waals surface area contributed by atoms with Crippen LogP contribution < -0.4 is 10.3 Å². The van der Waals surface area contributed by atoms with E-state index in [9.17, 15) is 4.79 Å². The fourth-order valence-corrected chi connectivity index (χ4v) is 3.77. The van der Waals surface area contributed by atoms with Crippen LogP contribution in [0, 0.1) is 0 Å². The number of aromatic amines is 1. The van der Waals surface area contributed by atoms with Crippen LogP contribution in [0.15, 0.2) is 47.7 Å². The van der Waals surface area contributed by atoms with Crippen molar-refractivity contribution in [2.24, 2.45) is 5.10 Å². The number of carbonyl (C=O) groups excluding carboxylic acids is 1. The minimum Gasteiger partial charge on any atom is -0.378 e. The van der Waals surface area contributed by atoms with Crippen molar-refractivity contribution >= 4 is 39.4 Å². The number of rotatable bonds is 4. The van der Waals surface area contributed by atoms with Gasteiger partial charge in [-0.25, -0.2) is 5.43 Å². The first kappa shape index (κ1) is 15.9. The maximum Gasteiger partial charge on any atom is 0.273 e. The van der Waals surface area contributed by atoms with E-state index in [1.807, 2.05) is 30.3 Å². The van der Waals surface area contributed by atoms with E-state index < -0.39 is 0 Å². The molecule has 128 valence electrons. The molecule has 0 aliphatic carbocycles. The molecule has 0 spiro atoms. The molecule has 7 heteroatoms. The smallest absolute Gasteiger partial charge is 0.273 e. The van der Waals surface area contributed by atoms with E-state index in [2.05, 4.69) is 26.5 Å². The maximum atomic E-state index is 12.3. The van der Waals surface area contributed by atoms with E-state index in [0.29, 0.717) is 5.56 Å². The Morgan fingerprint density at radius 2 is 2.08 bits per heavy atom. The van der Waals surface area contributed by atoms with Crippen molar-refractivity contribution in [2.45, 2.75) is 0 Å². The lowest BCUT2D eigenvalue weighted by Gasteiger charge is -2.27. The molecule has 3 aromatic rings. The van der Waals surface area contributed by atoms with Gasteiger partial charge in [0.15, 0.2) is 0 Å². The third-order valence-corrected chi connectivity index (χ3v) is 5.21. The molecule has 1 saturated heterocycles. The largest absolute Gasteiger partial charge is 0.378 e. The molecule has 25 heavy (non-hydrogen) atoms. The molecular formula is C18H18N4O2S. The van der Waals surface area contributed by atoms with Gasteiger partial charge in [0.25, 0.3) is 5.91 Å². The zero-order chi connectivity index (χ0) is 17.1. The van der Waals surface area contributed by atoms with E-state index in [4.69, 9.17) is 4.74 Å². The van der Waals surface area contributed by atoms with Gasteiger partial charge in [0.1, 0.15) is 0 Å². The highest BCUT2D eigenvalue weighted by molar-refractivity contribution is 7.17. The lowest BCUT2D eigenvalue weighted by molar-refractivity contribution is 0.0957. The van der Waals surface area contributed by atoms with Gasteiger partial charge < -0.3 is 14.6 Å². The molecule has 4 rings (SSSR count). The van der Waals surface area contributed by atoms with E-state index in [-0.39, 0.29) is 5.91 Å². The Morgan fingerprint density at radius 1 is 1.24 bits per heavy atom. The number of H-pyrrole nitrogens is 1. The van der Waals surface area contributed by atoms with Gasteiger partial charge in [0, 0.05) is 35.1 Å². The van der Waals surface area contributed by atoms with Crippen molar-refractivity contribution in [1.82, 2.24) is 10.4 Å². The minimum atomic E-state index is -0.223. The number of para-hydroxylation sites is 1. The van der Waals surface area contributed by atoms with Crippen LogP contribution in [0.1, 0.15) is 15.2 Å². The van der Waals surface area contributed by atoms with Crippen molar-refractivity contribution in [3.8, 4) is 0 Å². The average molecular weight is 354 g/mol. The predicted molar refractivity (Wildman–Crippen MR) is 101 cm³/mol. The summed E-state index contributed by atoms with van der Waals surface area (Å²) in [6.07, 6.45) is 3.39. The molecule has 0 saturated carbocycles. The van der Waals surface area contributed by atoms with Crippen molar-refractivity contribution in [3.63, 3.8) is 0 Å². The molecule has 3 heterocycles. The van der Waals surface area contributed by atoms with Crippen LogP contribution in [-0.2, 0) is 4.74 Å². The van der Waals surface area contributed by atoms with E-state index in [0.717, 1.165) is 42.1 Å².